The van der Waals surface area contributed by atoms with Gasteiger partial charge < -0.3 is 11.5 Å². The molecule has 1 atom stereocenters. The maximum atomic E-state index is 13.0. The molecule has 8 heteroatoms. The summed E-state index contributed by atoms with van der Waals surface area (Å²) in [5.74, 6) is 0.244. The van der Waals surface area contributed by atoms with Gasteiger partial charge in [0.15, 0.2) is 5.78 Å². The number of rotatable bonds is 4. The highest BCUT2D eigenvalue weighted by molar-refractivity contribution is 5.98. The van der Waals surface area contributed by atoms with E-state index in [2.05, 4.69) is 19.9 Å². The lowest BCUT2D eigenvalue weighted by molar-refractivity contribution is 0.0808. The van der Waals surface area contributed by atoms with E-state index >= 15 is 0 Å². The minimum Gasteiger partial charge on any atom is -0.368 e. The zero-order valence-electron chi connectivity index (χ0n) is 13.2. The summed E-state index contributed by atoms with van der Waals surface area (Å²) in [6.07, 6.45) is 1.71. The highest BCUT2D eigenvalue weighted by Crippen LogP contribution is 2.22. The van der Waals surface area contributed by atoms with Crippen molar-refractivity contribution in [2.24, 2.45) is 5.92 Å². The third-order valence-electron chi connectivity index (χ3n) is 4.09. The van der Waals surface area contributed by atoms with Gasteiger partial charge in [-0.05, 0) is 43.7 Å². The summed E-state index contributed by atoms with van der Waals surface area (Å²) in [7, 11) is 0. The van der Waals surface area contributed by atoms with E-state index in [4.69, 9.17) is 11.5 Å². The van der Waals surface area contributed by atoms with Crippen LogP contribution in [0.1, 0.15) is 29.0 Å². The molecule has 0 bridgehead atoms. The first kappa shape index (κ1) is 16.3. The van der Waals surface area contributed by atoms with E-state index in [9.17, 15) is 9.18 Å². The van der Waals surface area contributed by atoms with Gasteiger partial charge in [-0.2, -0.15) is 15.0 Å². The number of hydrogen-bond acceptors (Lipinski definition) is 7. The molecule has 1 fully saturated rings. The molecule has 1 aliphatic heterocycles. The Morgan fingerprint density at radius 3 is 2.50 bits per heavy atom. The van der Waals surface area contributed by atoms with E-state index in [0.717, 1.165) is 19.4 Å². The van der Waals surface area contributed by atoms with Crippen LogP contribution in [0.25, 0.3) is 0 Å². The number of nitrogens with zero attached hydrogens (tertiary/aromatic N) is 4. The molecular weight excluding hydrogens is 311 g/mol. The SMILES string of the molecule is Nc1nc(N)nc(CN2CCCC(C(=O)c3ccc(F)cc3)C2)n1. The Morgan fingerprint density at radius 2 is 1.83 bits per heavy atom. The average Bonchev–Trinajstić information content (AvgIpc) is 2.54. The van der Waals surface area contributed by atoms with E-state index < -0.39 is 0 Å². The van der Waals surface area contributed by atoms with E-state index in [1.807, 2.05) is 0 Å². The van der Waals surface area contributed by atoms with Crippen molar-refractivity contribution in [3.8, 4) is 0 Å². The molecule has 0 radical (unpaired) electrons. The lowest BCUT2D eigenvalue weighted by Crippen LogP contribution is -2.38. The van der Waals surface area contributed by atoms with Crippen molar-refractivity contribution < 1.29 is 9.18 Å². The zero-order chi connectivity index (χ0) is 17.1. The van der Waals surface area contributed by atoms with Crippen LogP contribution >= 0.6 is 0 Å². The van der Waals surface area contributed by atoms with Gasteiger partial charge >= 0.3 is 0 Å². The van der Waals surface area contributed by atoms with Crippen molar-refractivity contribution in [3.05, 3.63) is 41.5 Å². The number of benzene rings is 1. The van der Waals surface area contributed by atoms with E-state index in [0.29, 0.717) is 24.5 Å². The highest BCUT2D eigenvalue weighted by Gasteiger charge is 2.27. The van der Waals surface area contributed by atoms with Gasteiger partial charge in [-0.3, -0.25) is 9.69 Å². The molecule has 2 aromatic rings. The summed E-state index contributed by atoms with van der Waals surface area (Å²) in [5, 5.41) is 0. The Kier molecular flexibility index (Phi) is 4.66. The van der Waals surface area contributed by atoms with Crippen molar-refractivity contribution in [1.82, 2.24) is 19.9 Å². The number of ketones is 1. The van der Waals surface area contributed by atoms with E-state index in [1.54, 1.807) is 0 Å². The minimum absolute atomic E-state index is 0.0365. The molecule has 0 aliphatic carbocycles. The van der Waals surface area contributed by atoms with Crippen molar-refractivity contribution in [3.63, 3.8) is 0 Å². The summed E-state index contributed by atoms with van der Waals surface area (Å²) in [5.41, 5.74) is 11.7. The normalized spacial score (nSPS) is 18.5. The first-order valence-electron chi connectivity index (χ1n) is 7.79. The van der Waals surface area contributed by atoms with Gasteiger partial charge in [0.05, 0.1) is 6.54 Å². The second-order valence-electron chi connectivity index (χ2n) is 5.91. The van der Waals surface area contributed by atoms with Gasteiger partial charge in [-0.1, -0.05) is 0 Å². The Balaban J connectivity index is 1.67. The van der Waals surface area contributed by atoms with Crippen LogP contribution in [0.4, 0.5) is 16.3 Å². The third-order valence-corrected chi connectivity index (χ3v) is 4.09. The Morgan fingerprint density at radius 1 is 1.17 bits per heavy atom. The number of nitrogen functional groups attached to an aromatic ring is 2. The van der Waals surface area contributed by atoms with E-state index in [-0.39, 0.29) is 29.4 Å². The summed E-state index contributed by atoms with van der Waals surface area (Å²) in [6, 6.07) is 5.68. The maximum Gasteiger partial charge on any atom is 0.225 e. The number of hydrogen-bond donors (Lipinski definition) is 2. The largest absolute Gasteiger partial charge is 0.368 e. The van der Waals surface area contributed by atoms with Gasteiger partial charge in [-0.25, -0.2) is 4.39 Å². The molecule has 0 amide bonds. The molecule has 24 heavy (non-hydrogen) atoms. The first-order valence-corrected chi connectivity index (χ1v) is 7.79. The number of nitrogens with two attached hydrogens (primary N) is 2. The molecule has 1 unspecified atom stereocenters. The number of likely N-dealkylation sites (tertiary alicyclic amines) is 1. The highest BCUT2D eigenvalue weighted by atomic mass is 19.1. The van der Waals surface area contributed by atoms with Crippen molar-refractivity contribution in [1.29, 1.82) is 0 Å². The molecule has 2 heterocycles. The molecule has 1 aromatic heterocycles. The third kappa shape index (κ3) is 3.83. The van der Waals surface area contributed by atoms with Crippen LogP contribution in [0, 0.1) is 11.7 Å². The molecule has 4 N–H and O–H groups in total. The van der Waals surface area contributed by atoms with Crippen LogP contribution in [-0.2, 0) is 6.54 Å². The quantitative estimate of drug-likeness (QED) is 0.812. The van der Waals surface area contributed by atoms with E-state index in [1.165, 1.54) is 24.3 Å². The maximum absolute atomic E-state index is 13.0. The number of carbonyl (C=O) groups is 1. The Labute approximate surface area is 138 Å². The molecule has 1 aromatic carbocycles. The van der Waals surface area contributed by atoms with Crippen LogP contribution in [-0.4, -0.2) is 38.7 Å². The fourth-order valence-electron chi connectivity index (χ4n) is 2.99. The number of aromatic nitrogens is 3. The second-order valence-corrected chi connectivity index (χ2v) is 5.91. The smallest absolute Gasteiger partial charge is 0.225 e. The fraction of sp³-hybridized carbons (Fsp3) is 0.375. The molecule has 7 nitrogen and oxygen atoms in total. The number of carbonyl (C=O) groups excluding carboxylic acids is 1. The topological polar surface area (TPSA) is 111 Å². The molecule has 0 spiro atoms. The van der Waals surface area contributed by atoms with Crippen LogP contribution in [0.2, 0.25) is 0 Å². The lowest BCUT2D eigenvalue weighted by Gasteiger charge is -2.31. The zero-order valence-corrected chi connectivity index (χ0v) is 13.2. The Hall–Kier alpha value is -2.61. The summed E-state index contributed by atoms with van der Waals surface area (Å²) < 4.78 is 13.0. The van der Waals surface area contributed by atoms with Crippen LogP contribution in [0.15, 0.2) is 24.3 Å². The van der Waals surface area contributed by atoms with Gasteiger partial charge in [0, 0.05) is 18.0 Å². The standard InChI is InChI=1S/C16H19FN6O/c17-12-5-3-10(4-6-12)14(24)11-2-1-7-23(8-11)9-13-20-15(18)22-16(19)21-13/h3-6,11H,1-2,7-9H2,(H4,18,19,20,21,22). The predicted molar refractivity (Wildman–Crippen MR) is 87.4 cm³/mol. The molecule has 126 valence electrons. The minimum atomic E-state index is -0.346. The number of piperidine rings is 1. The molecule has 3 rings (SSSR count). The van der Waals surface area contributed by atoms with Crippen molar-refractivity contribution in [2.75, 3.05) is 24.6 Å². The summed E-state index contributed by atoms with van der Waals surface area (Å²) in [4.78, 5) is 26.6. The van der Waals surface area contributed by atoms with Gasteiger partial charge in [0.1, 0.15) is 11.6 Å². The number of Topliss-reactive ketones (excluding diaryl/α,β-unsaturated/α-hetero) is 1. The van der Waals surface area contributed by atoms with Crippen molar-refractivity contribution in [2.45, 2.75) is 19.4 Å². The Bertz CT molecular complexity index is 716. The average molecular weight is 330 g/mol. The van der Waals surface area contributed by atoms with Crippen LogP contribution in [0.3, 0.4) is 0 Å². The summed E-state index contributed by atoms with van der Waals surface area (Å²) in [6.45, 7) is 1.91. The first-order chi connectivity index (χ1) is 11.5. The molecule has 0 saturated carbocycles. The van der Waals surface area contributed by atoms with Gasteiger partial charge in [0.25, 0.3) is 0 Å². The molecule has 1 saturated heterocycles. The van der Waals surface area contributed by atoms with Gasteiger partial charge in [0.2, 0.25) is 11.9 Å². The summed E-state index contributed by atoms with van der Waals surface area (Å²) >= 11 is 0. The molecule has 1 aliphatic rings. The van der Waals surface area contributed by atoms with Crippen LogP contribution in [0.5, 0.6) is 0 Å². The number of halogens is 1. The lowest BCUT2D eigenvalue weighted by atomic mass is 9.90. The second kappa shape index (κ2) is 6.88. The molecular formula is C16H19FN6O. The van der Waals surface area contributed by atoms with Crippen LogP contribution < -0.4 is 11.5 Å². The predicted octanol–water partition coefficient (Wildman–Crippen LogP) is 1.27. The van der Waals surface area contributed by atoms with Crippen molar-refractivity contribution >= 4 is 17.7 Å². The number of anilines is 2. The fourth-order valence-corrected chi connectivity index (χ4v) is 2.99. The monoisotopic (exact) mass is 330 g/mol. The van der Waals surface area contributed by atoms with Gasteiger partial charge in [-0.15, -0.1) is 0 Å².